The van der Waals surface area contributed by atoms with Crippen LogP contribution in [0.1, 0.15) is 26.3 Å². The van der Waals surface area contributed by atoms with Gasteiger partial charge in [0.1, 0.15) is 0 Å². The van der Waals surface area contributed by atoms with Gasteiger partial charge in [0.15, 0.2) is 0 Å². The van der Waals surface area contributed by atoms with E-state index in [-0.39, 0.29) is 5.91 Å². The lowest BCUT2D eigenvalue weighted by Crippen LogP contribution is -2.26. The molecule has 0 aromatic heterocycles. The summed E-state index contributed by atoms with van der Waals surface area (Å²) in [7, 11) is 0. The van der Waals surface area contributed by atoms with Crippen molar-refractivity contribution in [2.75, 3.05) is 6.54 Å². The maximum absolute atomic E-state index is 12.1. The summed E-state index contributed by atoms with van der Waals surface area (Å²) in [6.07, 6.45) is 0.638. The first-order chi connectivity index (χ1) is 10.9. The van der Waals surface area contributed by atoms with E-state index in [2.05, 4.69) is 5.32 Å². The van der Waals surface area contributed by atoms with Gasteiger partial charge >= 0.3 is 0 Å². The lowest BCUT2D eigenvalue weighted by atomic mass is 10.1. The molecular formula is C16H13Cl2IN2O2. The van der Waals surface area contributed by atoms with E-state index in [0.717, 1.165) is 5.56 Å². The van der Waals surface area contributed by atoms with Gasteiger partial charge in [-0.1, -0.05) is 29.3 Å². The number of primary amides is 1. The third kappa shape index (κ3) is 4.83. The highest BCUT2D eigenvalue weighted by atomic mass is 127. The van der Waals surface area contributed by atoms with Crippen molar-refractivity contribution in [1.29, 1.82) is 0 Å². The Labute approximate surface area is 157 Å². The number of amides is 2. The first-order valence-corrected chi connectivity index (χ1v) is 8.53. The van der Waals surface area contributed by atoms with Crippen molar-refractivity contribution in [2.45, 2.75) is 6.42 Å². The molecule has 0 saturated heterocycles. The summed E-state index contributed by atoms with van der Waals surface area (Å²) in [5.41, 5.74) is 7.11. The van der Waals surface area contributed by atoms with Crippen molar-refractivity contribution in [1.82, 2.24) is 5.32 Å². The molecular weight excluding hydrogens is 450 g/mol. The standard InChI is InChI=1S/C16H13Cl2IN2O2/c17-12-4-1-9(7-13(12)18)5-6-21-16(23)10-2-3-11(15(20)22)14(19)8-10/h1-4,7-8H,5-6H2,(H2,20,22)(H,21,23). The Hall–Kier alpha value is -1.31. The van der Waals surface area contributed by atoms with Gasteiger partial charge in [-0.05, 0) is 64.9 Å². The molecule has 3 N–H and O–H groups in total. The van der Waals surface area contributed by atoms with Gasteiger partial charge in [0.2, 0.25) is 5.91 Å². The second-order valence-electron chi connectivity index (χ2n) is 4.81. The average molecular weight is 463 g/mol. The number of nitrogens with two attached hydrogens (primary N) is 1. The molecule has 2 aromatic carbocycles. The zero-order chi connectivity index (χ0) is 17.0. The smallest absolute Gasteiger partial charge is 0.251 e. The Morgan fingerprint density at radius 1 is 1.09 bits per heavy atom. The minimum atomic E-state index is -0.513. The summed E-state index contributed by atoms with van der Waals surface area (Å²) in [6.45, 7) is 0.463. The summed E-state index contributed by atoms with van der Waals surface area (Å²) >= 11 is 13.8. The van der Waals surface area contributed by atoms with E-state index in [0.29, 0.717) is 37.7 Å². The Bertz CT molecular complexity index is 766. The summed E-state index contributed by atoms with van der Waals surface area (Å²) < 4.78 is 0.646. The third-order valence-corrected chi connectivity index (χ3v) is 4.81. The Morgan fingerprint density at radius 3 is 2.43 bits per heavy atom. The number of hydrogen-bond acceptors (Lipinski definition) is 2. The Morgan fingerprint density at radius 2 is 1.83 bits per heavy atom. The first-order valence-electron chi connectivity index (χ1n) is 6.70. The molecule has 0 aliphatic carbocycles. The van der Waals surface area contributed by atoms with Gasteiger partial charge in [-0.2, -0.15) is 0 Å². The predicted molar refractivity (Wildman–Crippen MR) is 100 cm³/mol. The largest absolute Gasteiger partial charge is 0.366 e. The average Bonchev–Trinajstić information content (AvgIpc) is 2.50. The van der Waals surface area contributed by atoms with E-state index in [1.54, 1.807) is 30.3 Å². The molecule has 23 heavy (non-hydrogen) atoms. The van der Waals surface area contributed by atoms with E-state index in [1.807, 2.05) is 28.7 Å². The molecule has 0 bridgehead atoms. The number of nitrogens with one attached hydrogen (secondary N) is 1. The van der Waals surface area contributed by atoms with E-state index >= 15 is 0 Å². The second kappa shape index (κ2) is 7.99. The van der Waals surface area contributed by atoms with Crippen LogP contribution < -0.4 is 11.1 Å². The zero-order valence-electron chi connectivity index (χ0n) is 11.9. The summed E-state index contributed by atoms with van der Waals surface area (Å²) in [5, 5.41) is 3.82. The molecule has 0 radical (unpaired) electrons. The fourth-order valence-corrected chi connectivity index (χ4v) is 3.08. The first kappa shape index (κ1) is 18.0. The molecule has 0 heterocycles. The molecule has 2 aromatic rings. The maximum atomic E-state index is 12.1. The number of halogens is 3. The molecule has 0 atom stereocenters. The number of carbonyl (C=O) groups is 2. The van der Waals surface area contributed by atoms with Crippen LogP contribution >= 0.6 is 45.8 Å². The maximum Gasteiger partial charge on any atom is 0.251 e. The third-order valence-electron chi connectivity index (χ3n) is 3.18. The lowest BCUT2D eigenvalue weighted by Gasteiger charge is -2.08. The summed E-state index contributed by atoms with van der Waals surface area (Å²) in [4.78, 5) is 23.3. The lowest BCUT2D eigenvalue weighted by molar-refractivity contribution is 0.0951. The molecule has 7 heteroatoms. The Balaban J connectivity index is 1.95. The van der Waals surface area contributed by atoms with Gasteiger partial charge in [-0.15, -0.1) is 0 Å². The fourth-order valence-electron chi connectivity index (χ4n) is 1.97. The predicted octanol–water partition coefficient (Wildman–Crippen LogP) is 3.67. The van der Waals surface area contributed by atoms with Crippen LogP contribution in [0.5, 0.6) is 0 Å². The highest BCUT2D eigenvalue weighted by molar-refractivity contribution is 14.1. The van der Waals surface area contributed by atoms with Crippen LogP contribution in [0.15, 0.2) is 36.4 Å². The van der Waals surface area contributed by atoms with Crippen molar-refractivity contribution in [2.24, 2.45) is 5.73 Å². The van der Waals surface area contributed by atoms with Gasteiger partial charge in [-0.3, -0.25) is 9.59 Å². The van der Waals surface area contributed by atoms with E-state index < -0.39 is 5.91 Å². The molecule has 0 spiro atoms. The van der Waals surface area contributed by atoms with Crippen LogP contribution in [-0.2, 0) is 6.42 Å². The fraction of sp³-hybridized carbons (Fsp3) is 0.125. The highest BCUT2D eigenvalue weighted by Gasteiger charge is 2.11. The SMILES string of the molecule is NC(=O)c1ccc(C(=O)NCCc2ccc(Cl)c(Cl)c2)cc1I. The van der Waals surface area contributed by atoms with Crippen molar-refractivity contribution >= 4 is 57.6 Å². The molecule has 0 unspecified atom stereocenters. The normalized spacial score (nSPS) is 10.4. The minimum Gasteiger partial charge on any atom is -0.366 e. The minimum absolute atomic E-state index is 0.209. The molecule has 2 amide bonds. The van der Waals surface area contributed by atoms with Crippen molar-refractivity contribution < 1.29 is 9.59 Å². The number of hydrogen-bond donors (Lipinski definition) is 2. The molecule has 0 aliphatic heterocycles. The van der Waals surface area contributed by atoms with Crippen molar-refractivity contribution in [3.63, 3.8) is 0 Å². The van der Waals surface area contributed by atoms with Gasteiger partial charge in [0, 0.05) is 15.7 Å². The van der Waals surface area contributed by atoms with Crippen LogP contribution in [0, 0.1) is 3.57 Å². The summed E-state index contributed by atoms with van der Waals surface area (Å²) in [6, 6.07) is 10.1. The summed E-state index contributed by atoms with van der Waals surface area (Å²) in [5.74, 6) is -0.722. The molecule has 2 rings (SSSR count). The van der Waals surface area contributed by atoms with Gasteiger partial charge in [-0.25, -0.2) is 0 Å². The monoisotopic (exact) mass is 462 g/mol. The second-order valence-corrected chi connectivity index (χ2v) is 6.79. The zero-order valence-corrected chi connectivity index (χ0v) is 15.6. The van der Waals surface area contributed by atoms with E-state index in [1.165, 1.54) is 0 Å². The van der Waals surface area contributed by atoms with Crippen molar-refractivity contribution in [3.8, 4) is 0 Å². The number of carbonyl (C=O) groups excluding carboxylic acids is 2. The van der Waals surface area contributed by atoms with Crippen molar-refractivity contribution in [3.05, 3.63) is 66.7 Å². The number of benzene rings is 2. The molecule has 120 valence electrons. The Kier molecular flexibility index (Phi) is 6.26. The van der Waals surface area contributed by atoms with Crippen LogP contribution in [0.25, 0.3) is 0 Å². The quantitative estimate of drug-likeness (QED) is 0.665. The van der Waals surface area contributed by atoms with Gasteiger partial charge in [0.05, 0.1) is 15.6 Å². The van der Waals surface area contributed by atoms with Crippen LogP contribution in [0.2, 0.25) is 10.0 Å². The van der Waals surface area contributed by atoms with Crippen LogP contribution in [0.4, 0.5) is 0 Å². The topological polar surface area (TPSA) is 72.2 Å². The number of rotatable bonds is 5. The van der Waals surface area contributed by atoms with Crippen LogP contribution in [-0.4, -0.2) is 18.4 Å². The molecule has 4 nitrogen and oxygen atoms in total. The molecule has 0 fully saturated rings. The van der Waals surface area contributed by atoms with Gasteiger partial charge in [0.25, 0.3) is 5.91 Å². The van der Waals surface area contributed by atoms with Crippen LogP contribution in [0.3, 0.4) is 0 Å². The van der Waals surface area contributed by atoms with E-state index in [9.17, 15) is 9.59 Å². The van der Waals surface area contributed by atoms with Gasteiger partial charge < -0.3 is 11.1 Å². The molecule has 0 saturated carbocycles. The molecule has 0 aliphatic rings. The highest BCUT2D eigenvalue weighted by Crippen LogP contribution is 2.22. The van der Waals surface area contributed by atoms with E-state index in [4.69, 9.17) is 28.9 Å².